The number of rotatable bonds is 5. The molecule has 126 valence electrons. The van der Waals surface area contributed by atoms with E-state index in [9.17, 15) is 27.9 Å². The quantitative estimate of drug-likeness (QED) is 0.284. The van der Waals surface area contributed by atoms with Gasteiger partial charge in [-0.3, -0.25) is 4.79 Å². The number of nitrogens with one attached hydrogen (secondary N) is 1. The Hall–Kier alpha value is -2.71. The van der Waals surface area contributed by atoms with Crippen molar-refractivity contribution in [1.82, 2.24) is 0 Å². The summed E-state index contributed by atoms with van der Waals surface area (Å²) in [6.45, 7) is -0.0909. The second-order valence-corrected chi connectivity index (χ2v) is 4.40. The van der Waals surface area contributed by atoms with Gasteiger partial charge in [-0.15, -0.1) is 0 Å². The SMILES string of the molecule is CO/C(O)=C(/C(=O)Nc1ccc(C)cc1)C(=O)OCC(F)(F)F. The second-order valence-electron chi connectivity index (χ2n) is 4.40. The Balaban J connectivity index is 2.92. The highest BCUT2D eigenvalue weighted by atomic mass is 19.4. The van der Waals surface area contributed by atoms with Gasteiger partial charge in [0.05, 0.1) is 7.11 Å². The van der Waals surface area contributed by atoms with Crippen LogP contribution < -0.4 is 5.32 Å². The summed E-state index contributed by atoms with van der Waals surface area (Å²) in [4.78, 5) is 23.6. The number of benzene rings is 1. The summed E-state index contributed by atoms with van der Waals surface area (Å²) in [5.74, 6) is -3.98. The van der Waals surface area contributed by atoms with E-state index in [-0.39, 0.29) is 5.69 Å². The van der Waals surface area contributed by atoms with E-state index >= 15 is 0 Å². The van der Waals surface area contributed by atoms with Crippen LogP contribution in [0, 0.1) is 6.92 Å². The van der Waals surface area contributed by atoms with E-state index in [1.54, 1.807) is 12.1 Å². The summed E-state index contributed by atoms with van der Waals surface area (Å²) in [7, 11) is 0.936. The monoisotopic (exact) mass is 333 g/mol. The van der Waals surface area contributed by atoms with Gasteiger partial charge in [0, 0.05) is 5.69 Å². The van der Waals surface area contributed by atoms with Crippen LogP contribution in [0.4, 0.5) is 18.9 Å². The molecule has 0 spiro atoms. The molecule has 0 saturated carbocycles. The Morgan fingerprint density at radius 3 is 2.26 bits per heavy atom. The fourth-order valence-electron chi connectivity index (χ4n) is 1.43. The fourth-order valence-corrected chi connectivity index (χ4v) is 1.43. The van der Waals surface area contributed by atoms with Crippen molar-refractivity contribution < 1.29 is 37.3 Å². The van der Waals surface area contributed by atoms with Crippen molar-refractivity contribution in [2.75, 3.05) is 19.0 Å². The maximum atomic E-state index is 12.1. The Morgan fingerprint density at radius 2 is 1.78 bits per heavy atom. The molecule has 9 heteroatoms. The van der Waals surface area contributed by atoms with Gasteiger partial charge in [-0.25, -0.2) is 4.79 Å². The van der Waals surface area contributed by atoms with Gasteiger partial charge in [-0.2, -0.15) is 13.2 Å². The van der Waals surface area contributed by atoms with Gasteiger partial charge < -0.3 is 19.9 Å². The molecule has 0 aromatic heterocycles. The maximum absolute atomic E-state index is 12.1. The third kappa shape index (κ3) is 5.89. The van der Waals surface area contributed by atoms with Crippen LogP contribution in [0.1, 0.15) is 5.56 Å². The number of aliphatic hydroxyl groups is 1. The number of amides is 1. The topological polar surface area (TPSA) is 84.9 Å². The Labute approximate surface area is 129 Å². The molecule has 1 aromatic rings. The lowest BCUT2D eigenvalue weighted by Crippen LogP contribution is -2.28. The normalized spacial score (nSPS) is 12.2. The number of carbonyl (C=O) groups is 2. The first-order valence-electron chi connectivity index (χ1n) is 6.23. The van der Waals surface area contributed by atoms with E-state index in [2.05, 4.69) is 14.8 Å². The largest absolute Gasteiger partial charge is 0.480 e. The number of carbonyl (C=O) groups excluding carboxylic acids is 2. The minimum atomic E-state index is -4.77. The lowest BCUT2D eigenvalue weighted by Gasteiger charge is -2.12. The van der Waals surface area contributed by atoms with Crippen LogP contribution in [-0.4, -0.2) is 36.9 Å². The molecule has 0 aliphatic carbocycles. The summed E-state index contributed by atoms with van der Waals surface area (Å²) >= 11 is 0. The highest BCUT2D eigenvalue weighted by Crippen LogP contribution is 2.17. The zero-order valence-corrected chi connectivity index (χ0v) is 12.2. The minimum absolute atomic E-state index is 0.269. The molecule has 1 rings (SSSR count). The standard InChI is InChI=1S/C14H14F3NO5/c1-8-3-5-9(6-4-8)18-11(19)10(12(20)22-2)13(21)23-7-14(15,16)17/h3-6,20H,7H2,1-2H3,(H,18,19)/b12-10-. The Kier molecular flexibility index (Phi) is 6.00. The van der Waals surface area contributed by atoms with E-state index in [0.717, 1.165) is 12.7 Å². The predicted molar refractivity (Wildman–Crippen MR) is 73.5 cm³/mol. The van der Waals surface area contributed by atoms with Crippen LogP contribution in [0.3, 0.4) is 0 Å². The number of esters is 1. The van der Waals surface area contributed by atoms with Crippen LogP contribution >= 0.6 is 0 Å². The molecule has 0 radical (unpaired) electrons. The molecule has 0 bridgehead atoms. The van der Waals surface area contributed by atoms with Crippen LogP contribution in [-0.2, 0) is 19.1 Å². The number of anilines is 1. The number of methoxy groups -OCH3 is 1. The number of aliphatic hydroxyl groups excluding tert-OH is 1. The van der Waals surface area contributed by atoms with Gasteiger partial charge in [0.2, 0.25) is 5.57 Å². The zero-order chi connectivity index (χ0) is 17.6. The molecule has 2 N–H and O–H groups in total. The number of halogens is 3. The van der Waals surface area contributed by atoms with Gasteiger partial charge in [0.15, 0.2) is 6.61 Å². The average Bonchev–Trinajstić information content (AvgIpc) is 2.46. The van der Waals surface area contributed by atoms with Crippen molar-refractivity contribution in [3.8, 4) is 0 Å². The van der Waals surface area contributed by atoms with Crippen LogP contribution in [0.2, 0.25) is 0 Å². The molecule has 0 fully saturated rings. The Morgan fingerprint density at radius 1 is 1.22 bits per heavy atom. The molecule has 1 amide bonds. The van der Waals surface area contributed by atoms with Gasteiger partial charge in [-0.1, -0.05) is 17.7 Å². The molecule has 1 aromatic carbocycles. The molecular formula is C14H14F3NO5. The van der Waals surface area contributed by atoms with Crippen molar-refractivity contribution in [3.63, 3.8) is 0 Å². The first kappa shape index (κ1) is 18.3. The van der Waals surface area contributed by atoms with Gasteiger partial charge in [0.1, 0.15) is 0 Å². The minimum Gasteiger partial charge on any atom is -0.480 e. The average molecular weight is 333 g/mol. The molecule has 0 unspecified atom stereocenters. The summed E-state index contributed by atoms with van der Waals surface area (Å²) in [6.07, 6.45) is -4.77. The van der Waals surface area contributed by atoms with Crippen molar-refractivity contribution in [2.45, 2.75) is 13.1 Å². The molecule has 23 heavy (non-hydrogen) atoms. The van der Waals surface area contributed by atoms with E-state index < -0.39 is 36.2 Å². The fraction of sp³-hybridized carbons (Fsp3) is 0.286. The smallest absolute Gasteiger partial charge is 0.422 e. The van der Waals surface area contributed by atoms with E-state index in [4.69, 9.17) is 0 Å². The number of hydrogen-bond donors (Lipinski definition) is 2. The summed E-state index contributed by atoms with van der Waals surface area (Å²) in [5.41, 5.74) is 0.103. The molecule has 0 aliphatic rings. The second kappa shape index (κ2) is 7.52. The Bertz CT molecular complexity index is 608. The summed E-state index contributed by atoms with van der Waals surface area (Å²) in [5, 5.41) is 11.7. The number of alkyl halides is 3. The molecule has 0 atom stereocenters. The van der Waals surface area contributed by atoms with Crippen LogP contribution in [0.25, 0.3) is 0 Å². The highest BCUT2D eigenvalue weighted by molar-refractivity contribution is 6.21. The molecule has 0 heterocycles. The molecule has 0 saturated heterocycles. The molecule has 6 nitrogen and oxygen atoms in total. The molecule has 0 aliphatic heterocycles. The van der Waals surface area contributed by atoms with Crippen LogP contribution in [0.5, 0.6) is 0 Å². The third-order valence-electron chi connectivity index (χ3n) is 2.51. The summed E-state index contributed by atoms with van der Waals surface area (Å²) in [6, 6.07) is 6.35. The first-order chi connectivity index (χ1) is 10.6. The number of ether oxygens (including phenoxy) is 2. The number of hydrogen-bond acceptors (Lipinski definition) is 5. The van der Waals surface area contributed by atoms with Gasteiger partial charge in [-0.05, 0) is 19.1 Å². The molecular weight excluding hydrogens is 319 g/mol. The predicted octanol–water partition coefficient (Wildman–Crippen LogP) is 2.46. The first-order valence-corrected chi connectivity index (χ1v) is 6.23. The number of aryl methyl sites for hydroxylation is 1. The van der Waals surface area contributed by atoms with E-state index in [1.807, 2.05) is 6.92 Å². The summed E-state index contributed by atoms with van der Waals surface area (Å²) < 4.78 is 44.5. The van der Waals surface area contributed by atoms with Gasteiger partial charge in [0.25, 0.3) is 11.9 Å². The lowest BCUT2D eigenvalue weighted by atomic mass is 10.2. The highest BCUT2D eigenvalue weighted by Gasteiger charge is 2.33. The van der Waals surface area contributed by atoms with Crippen LogP contribution in [0.15, 0.2) is 35.8 Å². The lowest BCUT2D eigenvalue weighted by molar-refractivity contribution is -0.184. The van der Waals surface area contributed by atoms with Crippen molar-refractivity contribution in [2.24, 2.45) is 0 Å². The van der Waals surface area contributed by atoms with Gasteiger partial charge >= 0.3 is 12.1 Å². The van der Waals surface area contributed by atoms with E-state index in [1.165, 1.54) is 12.1 Å². The van der Waals surface area contributed by atoms with Crippen molar-refractivity contribution in [1.29, 1.82) is 0 Å². The van der Waals surface area contributed by atoms with Crippen molar-refractivity contribution in [3.05, 3.63) is 41.3 Å². The van der Waals surface area contributed by atoms with Crippen molar-refractivity contribution >= 4 is 17.6 Å². The van der Waals surface area contributed by atoms with E-state index in [0.29, 0.717) is 0 Å². The third-order valence-corrected chi connectivity index (χ3v) is 2.51. The maximum Gasteiger partial charge on any atom is 0.422 e. The zero-order valence-electron chi connectivity index (χ0n) is 12.2.